The lowest BCUT2D eigenvalue weighted by molar-refractivity contribution is -0.145. The molecule has 9 rings (SSSR count). The van der Waals surface area contributed by atoms with E-state index in [4.69, 9.17) is 51.9 Å². The molecule has 1 fully saturated rings. The summed E-state index contributed by atoms with van der Waals surface area (Å²) in [5.41, 5.74) is 5.06. The fraction of sp³-hybridized carbons (Fsp3) is 0.370. The van der Waals surface area contributed by atoms with E-state index >= 15 is 0 Å². The van der Waals surface area contributed by atoms with E-state index in [1.54, 1.807) is 37.6 Å². The summed E-state index contributed by atoms with van der Waals surface area (Å²) >= 11 is 16.1. The minimum absolute atomic E-state index is 0.0693. The molecule has 0 aliphatic carbocycles. The van der Waals surface area contributed by atoms with Gasteiger partial charge in [-0.1, -0.05) is 48.7 Å². The Kier molecular flexibility index (Phi) is 13.3. The molecule has 16 heteroatoms. The Bertz CT molecular complexity index is 2570. The third-order valence-corrected chi connectivity index (χ3v) is 13.3. The van der Waals surface area contributed by atoms with E-state index in [0.29, 0.717) is 66.9 Å². The topological polar surface area (TPSA) is 141 Å². The molecule has 6 aromatic rings. The van der Waals surface area contributed by atoms with Crippen molar-refractivity contribution in [2.45, 2.75) is 58.8 Å². The van der Waals surface area contributed by atoms with E-state index in [0.717, 1.165) is 71.7 Å². The lowest BCUT2D eigenvalue weighted by Crippen LogP contribution is -2.49. The van der Waals surface area contributed by atoms with Crippen LogP contribution in [0.5, 0.6) is 28.9 Å². The van der Waals surface area contributed by atoms with Crippen molar-refractivity contribution in [3.05, 3.63) is 98.4 Å². The molecule has 0 amide bonds. The summed E-state index contributed by atoms with van der Waals surface area (Å²) in [6.45, 7) is 10.4. The molecule has 2 atom stereocenters. The second-order valence-corrected chi connectivity index (χ2v) is 17.4. The minimum Gasteiger partial charge on any atom is -0.496 e. The van der Waals surface area contributed by atoms with Crippen LogP contribution in [0, 0.1) is 13.8 Å². The highest BCUT2D eigenvalue weighted by atomic mass is 35.5. The summed E-state index contributed by atoms with van der Waals surface area (Å²) in [6, 6.07) is 14.6. The molecule has 324 valence electrons. The Balaban J connectivity index is 1.22. The third kappa shape index (κ3) is 9.11. The first-order valence-corrected chi connectivity index (χ1v) is 22.2. The second-order valence-electron chi connectivity index (χ2n) is 15.5. The van der Waals surface area contributed by atoms with Crippen LogP contribution < -0.4 is 23.7 Å². The predicted octanol–water partition coefficient (Wildman–Crippen LogP) is 8.74. The van der Waals surface area contributed by atoms with E-state index in [2.05, 4.69) is 38.7 Å². The van der Waals surface area contributed by atoms with Gasteiger partial charge in [0.1, 0.15) is 47.7 Å². The van der Waals surface area contributed by atoms with Crippen LogP contribution in [-0.4, -0.2) is 107 Å². The number of aryl methyl sites for hydroxylation is 1. The number of benzene rings is 3. The number of aromatic nitrogens is 4. The molecule has 0 saturated carbocycles. The maximum Gasteiger partial charge on any atom is 0.345 e. The molecule has 1 saturated heterocycles. The third-order valence-electron chi connectivity index (χ3n) is 11.2. The maximum absolute atomic E-state index is 13.2. The molecule has 13 nitrogen and oxygen atoms in total. The van der Waals surface area contributed by atoms with Gasteiger partial charge in [-0.2, -0.15) is 0 Å². The first kappa shape index (κ1) is 43.4. The summed E-state index contributed by atoms with van der Waals surface area (Å²) in [6.07, 6.45) is 2.70. The van der Waals surface area contributed by atoms with Crippen molar-refractivity contribution in [3.63, 3.8) is 0 Å². The average Bonchev–Trinajstić information content (AvgIpc) is 3.64. The zero-order chi connectivity index (χ0) is 43.5. The Hall–Kier alpha value is -5.25. The standard InChI is InChI=1S/C46H48Cl2N6O7S/c1-6-9-36-38-37-26(2)40(47)42(41(48)27(37)3)60-31(22-54-18-16-53(4)17-19-54)24-58-30-12-13-33(59-23-29-14-15-49-43(52-29)32-10-7-8-11-34(32)57-5)28(20-30)21-35(46(55)56)61-44-39(38)45(62-36)51-25-50-44/h7-8,10-15,20,25,31,35H,6,9,16-19,21-24H2,1-5H3,(H,55,56)/t31-,35-/m1/s1. The molecule has 3 aromatic heterocycles. The number of carboxylic acid groups (broad SMARTS) is 1. The van der Waals surface area contributed by atoms with Gasteiger partial charge in [-0.05, 0) is 80.4 Å². The van der Waals surface area contributed by atoms with Crippen molar-refractivity contribution in [1.82, 2.24) is 29.7 Å². The molecule has 0 unspecified atom stereocenters. The van der Waals surface area contributed by atoms with E-state index in [1.165, 1.54) is 17.7 Å². The number of hydrogen-bond acceptors (Lipinski definition) is 13. The summed E-state index contributed by atoms with van der Waals surface area (Å²) < 4.78 is 31.8. The van der Waals surface area contributed by atoms with E-state index < -0.39 is 18.2 Å². The largest absolute Gasteiger partial charge is 0.496 e. The van der Waals surface area contributed by atoms with E-state index in [9.17, 15) is 9.90 Å². The lowest BCUT2D eigenvalue weighted by atomic mass is 9.92. The maximum atomic E-state index is 13.2. The molecule has 3 aliphatic rings. The molecule has 0 spiro atoms. The van der Waals surface area contributed by atoms with Crippen LogP contribution >= 0.6 is 34.5 Å². The van der Waals surface area contributed by atoms with Crippen LogP contribution in [0.15, 0.2) is 61.1 Å². The van der Waals surface area contributed by atoms with Gasteiger partial charge < -0.3 is 33.7 Å². The molecule has 62 heavy (non-hydrogen) atoms. The van der Waals surface area contributed by atoms with Gasteiger partial charge >= 0.3 is 5.97 Å². The normalized spacial score (nSPS) is 17.2. The number of halogens is 2. The Morgan fingerprint density at radius 2 is 1.74 bits per heavy atom. The van der Waals surface area contributed by atoms with Crippen LogP contribution in [-0.2, 0) is 24.2 Å². The number of para-hydroxylation sites is 1. The number of rotatable bonds is 10. The first-order valence-electron chi connectivity index (χ1n) is 20.6. The molecule has 0 radical (unpaired) electrons. The van der Waals surface area contributed by atoms with Crippen molar-refractivity contribution >= 4 is 50.7 Å². The van der Waals surface area contributed by atoms with Crippen molar-refractivity contribution < 1.29 is 33.6 Å². The van der Waals surface area contributed by atoms with Crippen LogP contribution in [0.4, 0.5) is 0 Å². The van der Waals surface area contributed by atoms with Crippen LogP contribution in [0.1, 0.15) is 40.6 Å². The number of likely N-dealkylation sites (N-methyl/N-ethyl adjacent to an activating group) is 1. The number of carboxylic acids is 1. The van der Waals surface area contributed by atoms with E-state index in [1.807, 2.05) is 38.1 Å². The van der Waals surface area contributed by atoms with Gasteiger partial charge in [0.2, 0.25) is 12.0 Å². The number of aliphatic carboxylic acids is 1. The van der Waals surface area contributed by atoms with Gasteiger partial charge in [0, 0.05) is 61.3 Å². The number of piperazine rings is 1. The van der Waals surface area contributed by atoms with Gasteiger partial charge in [-0.3, -0.25) is 4.90 Å². The van der Waals surface area contributed by atoms with Crippen molar-refractivity contribution in [1.29, 1.82) is 0 Å². The number of methoxy groups -OCH3 is 1. The van der Waals surface area contributed by atoms with E-state index in [-0.39, 0.29) is 25.5 Å². The summed E-state index contributed by atoms with van der Waals surface area (Å²) in [7, 11) is 3.72. The summed E-state index contributed by atoms with van der Waals surface area (Å²) in [4.78, 5) is 38.0. The first-order chi connectivity index (χ1) is 30.0. The number of thiophene rings is 1. The molecular formula is C46H48Cl2N6O7S. The van der Waals surface area contributed by atoms with Crippen molar-refractivity contribution in [2.75, 3.05) is 53.5 Å². The smallest absolute Gasteiger partial charge is 0.345 e. The number of hydrogen-bond donors (Lipinski definition) is 1. The summed E-state index contributed by atoms with van der Waals surface area (Å²) in [5, 5.41) is 12.2. The second kappa shape index (κ2) is 19.0. The Labute approximate surface area is 374 Å². The lowest BCUT2D eigenvalue weighted by Gasteiger charge is -2.35. The predicted molar refractivity (Wildman–Crippen MR) is 241 cm³/mol. The molecule has 4 bridgehead atoms. The van der Waals surface area contributed by atoms with Crippen LogP contribution in [0.2, 0.25) is 10.0 Å². The van der Waals surface area contributed by atoms with Gasteiger partial charge in [0.05, 0.1) is 33.8 Å². The van der Waals surface area contributed by atoms with Crippen molar-refractivity contribution in [2.24, 2.45) is 0 Å². The highest BCUT2D eigenvalue weighted by molar-refractivity contribution is 7.19. The zero-order valence-electron chi connectivity index (χ0n) is 35.2. The highest BCUT2D eigenvalue weighted by Gasteiger charge is 2.31. The monoisotopic (exact) mass is 898 g/mol. The number of fused-ring (bicyclic) bond motifs is 7. The Morgan fingerprint density at radius 3 is 2.48 bits per heavy atom. The fourth-order valence-electron chi connectivity index (χ4n) is 7.97. The highest BCUT2D eigenvalue weighted by Crippen LogP contribution is 2.50. The van der Waals surface area contributed by atoms with Crippen LogP contribution in [0.3, 0.4) is 0 Å². The zero-order valence-corrected chi connectivity index (χ0v) is 37.6. The molecule has 6 heterocycles. The van der Waals surface area contributed by atoms with Crippen LogP contribution in [0.25, 0.3) is 32.7 Å². The molecule has 3 aromatic carbocycles. The van der Waals surface area contributed by atoms with Gasteiger partial charge in [0.25, 0.3) is 0 Å². The number of nitrogens with zero attached hydrogens (tertiary/aromatic N) is 6. The fourth-order valence-corrected chi connectivity index (χ4v) is 9.72. The number of ether oxygens (including phenoxy) is 5. The molecule has 1 N–H and O–H groups in total. The quantitative estimate of drug-likeness (QED) is 0.140. The van der Waals surface area contributed by atoms with Gasteiger partial charge in [-0.15, -0.1) is 11.3 Å². The number of carbonyl (C=O) groups is 1. The molecule has 3 aliphatic heterocycles. The molecular weight excluding hydrogens is 852 g/mol. The minimum atomic E-state index is -1.38. The van der Waals surface area contributed by atoms with Gasteiger partial charge in [-0.25, -0.2) is 24.7 Å². The van der Waals surface area contributed by atoms with Crippen molar-refractivity contribution in [3.8, 4) is 51.4 Å². The summed E-state index contributed by atoms with van der Waals surface area (Å²) in [5.74, 6) is 1.39. The SMILES string of the molecule is CCCc1sc2ncnc3c2c1-c1c(C)c(Cl)c(c(Cl)c1C)O[C@H](CN1CCN(C)CC1)COc1ccc(OCc2ccnc(-c4ccccc4OC)n2)c(c1)C[C@H](C(=O)O)O3. The average molecular weight is 900 g/mol. The Morgan fingerprint density at radius 1 is 0.968 bits per heavy atom. The van der Waals surface area contributed by atoms with Gasteiger partial charge in [0.15, 0.2) is 11.6 Å².